The minimum Gasteiger partial charge on any atom is -0.376 e. The molecule has 0 saturated carbocycles. The van der Waals surface area contributed by atoms with Crippen molar-refractivity contribution >= 4 is 0 Å². The second kappa shape index (κ2) is 12.2. The zero-order chi connectivity index (χ0) is 16.2. The van der Waals surface area contributed by atoms with E-state index in [1.54, 1.807) is 0 Å². The first-order valence-corrected chi connectivity index (χ1v) is 9.81. The molecule has 0 aliphatic carbocycles. The first-order chi connectivity index (χ1) is 11.4. The van der Waals surface area contributed by atoms with Crippen LogP contribution in [0.3, 0.4) is 0 Å². The second-order valence-corrected chi connectivity index (χ2v) is 7.02. The van der Waals surface area contributed by atoms with E-state index in [1.807, 2.05) is 0 Å². The number of hydrogen-bond donors (Lipinski definition) is 0. The summed E-state index contributed by atoms with van der Waals surface area (Å²) >= 11 is 0. The van der Waals surface area contributed by atoms with Crippen molar-refractivity contribution in [2.24, 2.45) is 0 Å². The Morgan fingerprint density at radius 3 is 1.52 bits per heavy atom. The predicted molar refractivity (Wildman–Crippen MR) is 91.9 cm³/mol. The molecule has 0 aromatic heterocycles. The molecule has 0 amide bonds. The van der Waals surface area contributed by atoms with Gasteiger partial charge >= 0.3 is 0 Å². The third-order valence-corrected chi connectivity index (χ3v) is 4.44. The highest BCUT2D eigenvalue weighted by molar-refractivity contribution is 4.71. The molecule has 3 aliphatic rings. The van der Waals surface area contributed by atoms with Crippen LogP contribution in [-0.2, 0) is 18.9 Å². The fourth-order valence-electron chi connectivity index (χ4n) is 2.58. The summed E-state index contributed by atoms with van der Waals surface area (Å²) < 4.78 is 20.3. The molecule has 3 rings (SSSR count). The molecule has 3 fully saturated rings. The summed E-state index contributed by atoms with van der Waals surface area (Å²) in [4.78, 5) is 0. The lowest BCUT2D eigenvalue weighted by Crippen LogP contribution is -2.06. The van der Waals surface area contributed by atoms with Crippen LogP contribution >= 0.6 is 0 Å². The Labute approximate surface area is 142 Å². The monoisotopic (exact) mass is 328 g/mol. The van der Waals surface area contributed by atoms with Crippen molar-refractivity contribution in [2.75, 3.05) is 33.0 Å². The summed E-state index contributed by atoms with van der Waals surface area (Å²) in [5, 5.41) is 0. The zero-order valence-electron chi connectivity index (χ0n) is 15.0. The molecule has 136 valence electrons. The van der Waals surface area contributed by atoms with Crippen molar-refractivity contribution < 1.29 is 18.9 Å². The van der Waals surface area contributed by atoms with E-state index >= 15 is 0 Å². The number of hydrogen-bond acceptors (Lipinski definition) is 4. The van der Waals surface area contributed by atoms with E-state index in [2.05, 4.69) is 6.92 Å². The van der Waals surface area contributed by atoms with Crippen LogP contribution in [0.5, 0.6) is 0 Å². The van der Waals surface area contributed by atoms with Gasteiger partial charge in [-0.3, -0.25) is 0 Å². The highest BCUT2D eigenvalue weighted by atomic mass is 16.6. The van der Waals surface area contributed by atoms with Crippen LogP contribution < -0.4 is 0 Å². The quantitative estimate of drug-likeness (QED) is 0.356. The average Bonchev–Trinajstić information content (AvgIpc) is 3.36. The van der Waals surface area contributed by atoms with E-state index in [9.17, 15) is 0 Å². The Hall–Kier alpha value is -0.160. The largest absolute Gasteiger partial charge is 0.376 e. The summed E-state index contributed by atoms with van der Waals surface area (Å²) in [6.07, 6.45) is 15.6. The molecule has 4 nitrogen and oxygen atoms in total. The summed E-state index contributed by atoms with van der Waals surface area (Å²) in [7, 11) is 0. The van der Waals surface area contributed by atoms with Crippen LogP contribution in [0.2, 0.25) is 0 Å². The summed E-state index contributed by atoms with van der Waals surface area (Å²) in [6, 6.07) is 0. The van der Waals surface area contributed by atoms with Gasteiger partial charge in [-0.05, 0) is 6.42 Å². The SMILES string of the molecule is C(OCC1CO1)C1CO1.CCCCCCCCCCCC1CO1. The molecule has 0 aromatic rings. The lowest BCUT2D eigenvalue weighted by molar-refractivity contribution is 0.102. The fraction of sp³-hybridized carbons (Fsp3) is 1.00. The van der Waals surface area contributed by atoms with E-state index in [1.165, 1.54) is 64.2 Å². The van der Waals surface area contributed by atoms with E-state index < -0.39 is 0 Å². The molecular weight excluding hydrogens is 292 g/mol. The van der Waals surface area contributed by atoms with Gasteiger partial charge in [0.15, 0.2) is 0 Å². The van der Waals surface area contributed by atoms with Gasteiger partial charge in [0.05, 0.1) is 39.1 Å². The van der Waals surface area contributed by atoms with Crippen molar-refractivity contribution in [3.63, 3.8) is 0 Å². The van der Waals surface area contributed by atoms with Gasteiger partial charge in [0.1, 0.15) is 12.2 Å². The molecule has 0 bridgehead atoms. The molecule has 4 heteroatoms. The topological polar surface area (TPSA) is 46.8 Å². The maximum atomic E-state index is 5.23. The molecule has 0 radical (unpaired) electrons. The van der Waals surface area contributed by atoms with Gasteiger partial charge in [0.2, 0.25) is 0 Å². The Bertz CT molecular complexity index is 261. The number of ether oxygens (including phenoxy) is 4. The molecule has 0 aromatic carbocycles. The lowest BCUT2D eigenvalue weighted by atomic mass is 10.1. The Kier molecular flexibility index (Phi) is 10.2. The molecule has 0 spiro atoms. The Morgan fingerprint density at radius 1 is 0.652 bits per heavy atom. The molecule has 23 heavy (non-hydrogen) atoms. The first-order valence-electron chi connectivity index (χ1n) is 9.81. The minimum atomic E-state index is 0.392. The summed E-state index contributed by atoms with van der Waals surface area (Å²) in [5.74, 6) is 0. The number of epoxide rings is 3. The van der Waals surface area contributed by atoms with Crippen LogP contribution in [-0.4, -0.2) is 51.3 Å². The van der Waals surface area contributed by atoms with Gasteiger partial charge in [-0.1, -0.05) is 64.7 Å². The molecule has 3 aliphatic heterocycles. The minimum absolute atomic E-state index is 0.392. The molecular formula is C19H36O4. The van der Waals surface area contributed by atoms with Crippen molar-refractivity contribution in [3.8, 4) is 0 Å². The summed E-state index contributed by atoms with van der Waals surface area (Å²) in [5.41, 5.74) is 0. The third-order valence-electron chi connectivity index (χ3n) is 4.44. The summed E-state index contributed by atoms with van der Waals surface area (Å²) in [6.45, 7) is 6.58. The van der Waals surface area contributed by atoms with Gasteiger partial charge in [-0.25, -0.2) is 0 Å². The van der Waals surface area contributed by atoms with E-state index in [-0.39, 0.29) is 0 Å². The van der Waals surface area contributed by atoms with Crippen LogP contribution in [0.25, 0.3) is 0 Å². The van der Waals surface area contributed by atoms with Crippen LogP contribution in [0.15, 0.2) is 0 Å². The lowest BCUT2D eigenvalue weighted by Gasteiger charge is -2.00. The van der Waals surface area contributed by atoms with Gasteiger partial charge in [0.25, 0.3) is 0 Å². The number of unbranched alkanes of at least 4 members (excludes halogenated alkanes) is 8. The van der Waals surface area contributed by atoms with E-state index in [0.717, 1.165) is 33.0 Å². The van der Waals surface area contributed by atoms with Crippen molar-refractivity contribution in [1.29, 1.82) is 0 Å². The maximum absolute atomic E-state index is 5.23. The van der Waals surface area contributed by atoms with Gasteiger partial charge in [-0.2, -0.15) is 0 Å². The first kappa shape index (κ1) is 19.2. The average molecular weight is 328 g/mol. The Balaban J connectivity index is 0.000000182. The second-order valence-electron chi connectivity index (χ2n) is 7.02. The van der Waals surface area contributed by atoms with Crippen molar-refractivity contribution in [1.82, 2.24) is 0 Å². The molecule has 3 atom stereocenters. The van der Waals surface area contributed by atoms with Crippen LogP contribution in [0, 0.1) is 0 Å². The molecule has 0 N–H and O–H groups in total. The molecule has 3 saturated heterocycles. The predicted octanol–water partition coefficient (Wildman–Crippen LogP) is 4.11. The van der Waals surface area contributed by atoms with E-state index in [4.69, 9.17) is 18.9 Å². The smallest absolute Gasteiger partial charge is 0.104 e. The van der Waals surface area contributed by atoms with Crippen molar-refractivity contribution in [2.45, 2.75) is 89.4 Å². The Morgan fingerprint density at radius 2 is 1.09 bits per heavy atom. The maximum Gasteiger partial charge on any atom is 0.104 e. The van der Waals surface area contributed by atoms with Gasteiger partial charge in [-0.15, -0.1) is 0 Å². The van der Waals surface area contributed by atoms with Crippen LogP contribution in [0.4, 0.5) is 0 Å². The molecule has 3 heterocycles. The van der Waals surface area contributed by atoms with Gasteiger partial charge in [0, 0.05) is 0 Å². The standard InChI is InChI=1S/C13H26O.C6H10O3/c1-2-3-4-5-6-7-8-9-10-11-13-12-14-13;1(5-3-8-5)7-2-6-4-9-6/h13H,2-12H2,1H3;5-6H,1-4H2. The van der Waals surface area contributed by atoms with Gasteiger partial charge < -0.3 is 18.9 Å². The fourth-order valence-corrected chi connectivity index (χ4v) is 2.58. The molecule has 3 unspecified atom stereocenters. The van der Waals surface area contributed by atoms with Crippen LogP contribution in [0.1, 0.15) is 71.1 Å². The van der Waals surface area contributed by atoms with E-state index in [0.29, 0.717) is 18.3 Å². The number of rotatable bonds is 14. The van der Waals surface area contributed by atoms with Crippen molar-refractivity contribution in [3.05, 3.63) is 0 Å². The normalized spacial score (nSPS) is 27.3. The zero-order valence-corrected chi connectivity index (χ0v) is 15.0. The third kappa shape index (κ3) is 12.9. The highest BCUT2D eigenvalue weighted by Gasteiger charge is 2.26. The highest BCUT2D eigenvalue weighted by Crippen LogP contribution is 2.18.